The second-order valence-electron chi connectivity index (χ2n) is 5.08. The van der Waals surface area contributed by atoms with Gasteiger partial charge in [0.15, 0.2) is 0 Å². The highest BCUT2D eigenvalue weighted by Gasteiger charge is 2.13. The Morgan fingerprint density at radius 1 is 1.32 bits per heavy atom. The number of likely N-dealkylation sites (N-methyl/N-ethyl adjacent to an activating group) is 1. The minimum absolute atomic E-state index is 0.377. The molecule has 0 saturated heterocycles. The van der Waals surface area contributed by atoms with Crippen molar-refractivity contribution >= 4 is 5.82 Å². The zero-order valence-corrected chi connectivity index (χ0v) is 12.3. The van der Waals surface area contributed by atoms with Crippen LogP contribution in [0.5, 0.6) is 0 Å². The van der Waals surface area contributed by atoms with Crippen LogP contribution in [-0.2, 0) is 0 Å². The first-order chi connectivity index (χ1) is 8.86. The van der Waals surface area contributed by atoms with E-state index in [9.17, 15) is 10.4 Å². The van der Waals surface area contributed by atoms with Crippen LogP contribution in [0.15, 0.2) is 0 Å². The van der Waals surface area contributed by atoms with Gasteiger partial charge in [-0.1, -0.05) is 0 Å². The minimum atomic E-state index is -0.495. The average molecular weight is 262 g/mol. The van der Waals surface area contributed by atoms with Gasteiger partial charge in [-0.25, -0.2) is 4.98 Å². The molecule has 1 aromatic rings. The second kappa shape index (κ2) is 6.50. The van der Waals surface area contributed by atoms with E-state index in [1.54, 1.807) is 0 Å². The molecule has 0 aliphatic rings. The standard InChI is InChI=1S/C14H22N4O/c1-9-10(2)13(6-15)14(17-11(9)3)16-7-12(19)8-18(4)5/h12,19H,7-8H2,1-5H3,(H,16,17)/t12-/m0/s1. The Morgan fingerprint density at radius 2 is 1.95 bits per heavy atom. The van der Waals surface area contributed by atoms with Gasteiger partial charge in [0.25, 0.3) is 0 Å². The topological polar surface area (TPSA) is 72.2 Å². The van der Waals surface area contributed by atoms with E-state index in [0.717, 1.165) is 16.8 Å². The molecule has 0 amide bonds. The Kier molecular flexibility index (Phi) is 5.28. The van der Waals surface area contributed by atoms with Crippen molar-refractivity contribution in [3.63, 3.8) is 0 Å². The normalized spacial score (nSPS) is 12.3. The summed E-state index contributed by atoms with van der Waals surface area (Å²) in [6, 6.07) is 2.18. The molecule has 0 bridgehead atoms. The largest absolute Gasteiger partial charge is 0.390 e. The molecule has 1 atom stereocenters. The Balaban J connectivity index is 2.87. The molecule has 0 saturated carbocycles. The lowest BCUT2D eigenvalue weighted by atomic mass is 10.0. The summed E-state index contributed by atoms with van der Waals surface area (Å²) >= 11 is 0. The summed E-state index contributed by atoms with van der Waals surface area (Å²) in [4.78, 5) is 6.31. The van der Waals surface area contributed by atoms with Crippen LogP contribution in [0.2, 0.25) is 0 Å². The number of nitrogens with zero attached hydrogens (tertiary/aromatic N) is 3. The smallest absolute Gasteiger partial charge is 0.144 e. The van der Waals surface area contributed by atoms with E-state index in [0.29, 0.717) is 24.5 Å². The van der Waals surface area contributed by atoms with Crippen LogP contribution < -0.4 is 5.32 Å². The SMILES string of the molecule is Cc1nc(NC[C@H](O)CN(C)C)c(C#N)c(C)c1C. The molecule has 2 N–H and O–H groups in total. The van der Waals surface area contributed by atoms with Gasteiger partial charge >= 0.3 is 0 Å². The van der Waals surface area contributed by atoms with Crippen molar-refractivity contribution in [3.8, 4) is 6.07 Å². The Hall–Kier alpha value is -1.64. The summed E-state index contributed by atoms with van der Waals surface area (Å²) in [5, 5.41) is 22.1. The highest BCUT2D eigenvalue weighted by Crippen LogP contribution is 2.21. The van der Waals surface area contributed by atoms with E-state index in [-0.39, 0.29) is 0 Å². The first kappa shape index (κ1) is 15.4. The number of hydrogen-bond acceptors (Lipinski definition) is 5. The molecule has 1 heterocycles. The van der Waals surface area contributed by atoms with Crippen LogP contribution in [0.4, 0.5) is 5.82 Å². The molecule has 1 rings (SSSR count). The van der Waals surface area contributed by atoms with Crippen LogP contribution >= 0.6 is 0 Å². The lowest BCUT2D eigenvalue weighted by Crippen LogP contribution is -2.31. The Morgan fingerprint density at radius 3 is 2.47 bits per heavy atom. The van der Waals surface area contributed by atoms with Crippen molar-refractivity contribution < 1.29 is 5.11 Å². The molecule has 0 aliphatic carbocycles. The third kappa shape index (κ3) is 3.91. The maximum absolute atomic E-state index is 9.82. The van der Waals surface area contributed by atoms with Crippen molar-refractivity contribution in [1.82, 2.24) is 9.88 Å². The monoisotopic (exact) mass is 262 g/mol. The van der Waals surface area contributed by atoms with Gasteiger partial charge in [0, 0.05) is 18.8 Å². The summed E-state index contributed by atoms with van der Waals surface area (Å²) in [6.07, 6.45) is -0.495. The van der Waals surface area contributed by atoms with Gasteiger partial charge in [0.1, 0.15) is 11.9 Å². The van der Waals surface area contributed by atoms with E-state index < -0.39 is 6.10 Å². The summed E-state index contributed by atoms with van der Waals surface area (Å²) in [7, 11) is 3.81. The third-order valence-corrected chi connectivity index (χ3v) is 3.19. The van der Waals surface area contributed by atoms with Gasteiger partial charge in [-0.2, -0.15) is 5.26 Å². The first-order valence-electron chi connectivity index (χ1n) is 6.31. The van der Waals surface area contributed by atoms with Crippen molar-refractivity contribution in [2.45, 2.75) is 26.9 Å². The molecular weight excluding hydrogens is 240 g/mol. The zero-order valence-electron chi connectivity index (χ0n) is 12.3. The predicted octanol–water partition coefficient (Wildman–Crippen LogP) is 1.21. The number of aromatic nitrogens is 1. The number of aliphatic hydroxyl groups excluding tert-OH is 1. The molecule has 5 nitrogen and oxygen atoms in total. The summed E-state index contributed by atoms with van der Waals surface area (Å²) in [5.74, 6) is 0.556. The molecule has 5 heteroatoms. The minimum Gasteiger partial charge on any atom is -0.390 e. The van der Waals surface area contributed by atoms with Crippen molar-refractivity contribution in [1.29, 1.82) is 5.26 Å². The van der Waals surface area contributed by atoms with Crippen LogP contribution in [0.25, 0.3) is 0 Å². The third-order valence-electron chi connectivity index (χ3n) is 3.19. The van der Waals surface area contributed by atoms with Crippen molar-refractivity contribution in [2.75, 3.05) is 32.5 Å². The van der Waals surface area contributed by atoms with Gasteiger partial charge in [-0.15, -0.1) is 0 Å². The number of aryl methyl sites for hydroxylation is 1. The van der Waals surface area contributed by atoms with Crippen LogP contribution in [0.3, 0.4) is 0 Å². The van der Waals surface area contributed by atoms with Gasteiger partial charge in [-0.3, -0.25) is 0 Å². The zero-order chi connectivity index (χ0) is 14.6. The predicted molar refractivity (Wildman–Crippen MR) is 76.2 cm³/mol. The number of rotatable bonds is 5. The molecule has 19 heavy (non-hydrogen) atoms. The van der Waals surface area contributed by atoms with E-state index in [4.69, 9.17) is 0 Å². The van der Waals surface area contributed by atoms with E-state index in [2.05, 4.69) is 16.4 Å². The lowest BCUT2D eigenvalue weighted by molar-refractivity contribution is 0.148. The van der Waals surface area contributed by atoms with E-state index in [1.165, 1.54) is 0 Å². The Bertz CT molecular complexity index is 491. The summed E-state index contributed by atoms with van der Waals surface area (Å²) < 4.78 is 0. The molecule has 0 spiro atoms. The number of hydrogen-bond donors (Lipinski definition) is 2. The van der Waals surface area contributed by atoms with Crippen molar-refractivity contribution in [3.05, 3.63) is 22.4 Å². The maximum Gasteiger partial charge on any atom is 0.144 e. The molecule has 0 radical (unpaired) electrons. The number of aliphatic hydroxyl groups is 1. The van der Waals surface area contributed by atoms with E-state index in [1.807, 2.05) is 39.8 Å². The fraction of sp³-hybridized carbons (Fsp3) is 0.571. The Labute approximate surface area is 114 Å². The molecule has 1 aromatic heterocycles. The second-order valence-corrected chi connectivity index (χ2v) is 5.08. The molecule has 0 fully saturated rings. The fourth-order valence-electron chi connectivity index (χ4n) is 1.91. The van der Waals surface area contributed by atoms with Crippen LogP contribution in [-0.4, -0.2) is 48.3 Å². The fourth-order valence-corrected chi connectivity index (χ4v) is 1.91. The summed E-state index contributed by atoms with van der Waals surface area (Å²) in [6.45, 7) is 6.75. The number of pyridine rings is 1. The average Bonchev–Trinajstić information content (AvgIpc) is 2.32. The van der Waals surface area contributed by atoms with Gasteiger partial charge in [0.2, 0.25) is 0 Å². The maximum atomic E-state index is 9.82. The molecule has 0 unspecified atom stereocenters. The first-order valence-corrected chi connectivity index (χ1v) is 6.31. The molecule has 0 aliphatic heterocycles. The number of anilines is 1. The highest BCUT2D eigenvalue weighted by atomic mass is 16.3. The highest BCUT2D eigenvalue weighted by molar-refractivity contribution is 5.58. The van der Waals surface area contributed by atoms with Crippen LogP contribution in [0.1, 0.15) is 22.4 Å². The lowest BCUT2D eigenvalue weighted by Gasteiger charge is -2.18. The van der Waals surface area contributed by atoms with Crippen molar-refractivity contribution in [2.24, 2.45) is 0 Å². The van der Waals surface area contributed by atoms with E-state index >= 15 is 0 Å². The molecule has 0 aromatic carbocycles. The molecular formula is C14H22N4O. The van der Waals surface area contributed by atoms with Crippen LogP contribution in [0, 0.1) is 32.1 Å². The number of nitrogens with one attached hydrogen (secondary N) is 1. The van der Waals surface area contributed by atoms with Gasteiger partial charge in [0.05, 0.1) is 11.7 Å². The summed E-state index contributed by atoms with van der Waals surface area (Å²) in [5.41, 5.74) is 3.44. The number of nitriles is 1. The van der Waals surface area contributed by atoms with Gasteiger partial charge in [-0.05, 0) is 46.0 Å². The molecule has 104 valence electrons. The van der Waals surface area contributed by atoms with Gasteiger partial charge < -0.3 is 15.3 Å². The quantitative estimate of drug-likeness (QED) is 0.834.